The molecule has 1 N–H and O–H groups in total. The number of nitrogens with zero attached hydrogens (tertiary/aromatic N) is 1. The van der Waals surface area contributed by atoms with Crippen molar-refractivity contribution in [2.75, 3.05) is 13.7 Å². The number of para-hydroxylation sites is 1. The van der Waals surface area contributed by atoms with E-state index in [4.69, 9.17) is 4.52 Å². The largest absolute Gasteiger partial charge is 0.354 e. The first-order valence-corrected chi connectivity index (χ1v) is 9.77. The van der Waals surface area contributed by atoms with Gasteiger partial charge in [-0.1, -0.05) is 36.4 Å². The summed E-state index contributed by atoms with van der Waals surface area (Å²) in [7, 11) is -0.0645. The molecule has 130 valence electrons. The van der Waals surface area contributed by atoms with Crippen LogP contribution in [0.5, 0.6) is 0 Å². The maximum Gasteiger partial charge on any atom is 0.268 e. The lowest BCUT2D eigenvalue weighted by Gasteiger charge is -2.19. The molecule has 0 aliphatic rings. The number of nitrogens with one attached hydrogen (secondary N) is 1. The van der Waals surface area contributed by atoms with Crippen LogP contribution >= 0.6 is 7.37 Å². The zero-order valence-electron chi connectivity index (χ0n) is 14.5. The van der Waals surface area contributed by atoms with Crippen molar-refractivity contribution >= 4 is 34.8 Å². The maximum atomic E-state index is 14.1. The van der Waals surface area contributed by atoms with Gasteiger partial charge >= 0.3 is 0 Å². The summed E-state index contributed by atoms with van der Waals surface area (Å²) >= 11 is 0. The van der Waals surface area contributed by atoms with Crippen molar-refractivity contribution in [3.63, 3.8) is 0 Å². The fraction of sp³-hybridized carbons (Fsp3) is 0.211. The number of rotatable bonds is 5. The normalized spacial score (nSPS) is 13.6. The lowest BCUT2D eigenvalue weighted by molar-refractivity contribution is 0.0956. The summed E-state index contributed by atoms with van der Waals surface area (Å²) in [5.41, 5.74) is 1.20. The van der Waals surface area contributed by atoms with Gasteiger partial charge in [0.1, 0.15) is 5.69 Å². The van der Waals surface area contributed by atoms with Crippen molar-refractivity contribution in [1.82, 2.24) is 9.88 Å². The molecule has 25 heavy (non-hydrogen) atoms. The maximum absolute atomic E-state index is 14.1. The van der Waals surface area contributed by atoms with Crippen molar-refractivity contribution in [2.24, 2.45) is 7.05 Å². The van der Waals surface area contributed by atoms with Crippen LogP contribution < -0.4 is 15.9 Å². The molecule has 3 aromatic rings. The second-order valence-electron chi connectivity index (χ2n) is 5.66. The van der Waals surface area contributed by atoms with E-state index in [-0.39, 0.29) is 12.5 Å². The third-order valence-electron chi connectivity index (χ3n) is 4.22. The third kappa shape index (κ3) is 2.80. The molecule has 0 aliphatic heterocycles. The number of amides is 1. The standard InChI is InChI=1S/C19H21N2O3P/c1-4-24-25(23,14-10-6-5-7-11-14)18-15-12-8-9-13-16(15)21(3)17(18)19(22)20-2/h5-13H,4H2,1-3H3,(H,20,22). The molecule has 0 spiro atoms. The van der Waals surface area contributed by atoms with E-state index < -0.39 is 7.37 Å². The highest BCUT2D eigenvalue weighted by molar-refractivity contribution is 7.75. The predicted molar refractivity (Wildman–Crippen MR) is 101 cm³/mol. The molecule has 0 saturated carbocycles. The van der Waals surface area contributed by atoms with Crippen LogP contribution in [-0.2, 0) is 16.1 Å². The summed E-state index contributed by atoms with van der Waals surface area (Å²) in [6, 6.07) is 16.6. The lowest BCUT2D eigenvalue weighted by atomic mass is 10.2. The zero-order valence-corrected chi connectivity index (χ0v) is 15.4. The van der Waals surface area contributed by atoms with E-state index in [9.17, 15) is 9.36 Å². The first-order valence-electron chi connectivity index (χ1n) is 8.14. The Hall–Kier alpha value is -2.36. The molecule has 2 aromatic carbocycles. The summed E-state index contributed by atoms with van der Waals surface area (Å²) in [4.78, 5) is 12.6. The topological polar surface area (TPSA) is 60.3 Å². The number of hydrogen-bond acceptors (Lipinski definition) is 3. The highest BCUT2D eigenvalue weighted by Gasteiger charge is 2.37. The molecule has 0 aliphatic carbocycles. The van der Waals surface area contributed by atoms with Crippen molar-refractivity contribution in [3.8, 4) is 0 Å². The molecule has 5 nitrogen and oxygen atoms in total. The van der Waals surface area contributed by atoms with Gasteiger partial charge in [-0.3, -0.25) is 9.36 Å². The van der Waals surface area contributed by atoms with Crippen molar-refractivity contribution in [1.29, 1.82) is 0 Å². The molecule has 0 radical (unpaired) electrons. The first kappa shape index (κ1) is 17.5. The molecule has 1 heterocycles. The Balaban J connectivity index is 2.43. The Morgan fingerprint density at radius 2 is 1.76 bits per heavy atom. The number of aryl methyl sites for hydroxylation is 1. The number of fused-ring (bicyclic) bond motifs is 1. The number of carbonyl (C=O) groups is 1. The minimum absolute atomic E-state index is 0.280. The highest BCUT2D eigenvalue weighted by atomic mass is 31.2. The molecule has 0 fully saturated rings. The van der Waals surface area contributed by atoms with E-state index in [1.807, 2.05) is 42.5 Å². The van der Waals surface area contributed by atoms with Gasteiger partial charge in [-0.25, -0.2) is 0 Å². The van der Waals surface area contributed by atoms with Gasteiger partial charge < -0.3 is 14.4 Å². The van der Waals surface area contributed by atoms with Gasteiger partial charge in [0.15, 0.2) is 0 Å². The summed E-state index contributed by atoms with van der Waals surface area (Å²) < 4.78 is 21.7. The van der Waals surface area contributed by atoms with E-state index in [2.05, 4.69) is 5.32 Å². The Bertz CT molecular complexity index is 963. The van der Waals surface area contributed by atoms with E-state index in [0.29, 0.717) is 16.3 Å². The molecule has 1 aromatic heterocycles. The fourth-order valence-electron chi connectivity index (χ4n) is 3.12. The van der Waals surface area contributed by atoms with E-state index >= 15 is 0 Å². The van der Waals surface area contributed by atoms with Crippen LogP contribution in [0, 0.1) is 0 Å². The highest BCUT2D eigenvalue weighted by Crippen LogP contribution is 2.48. The van der Waals surface area contributed by atoms with E-state index in [1.54, 1.807) is 37.7 Å². The number of carbonyl (C=O) groups excluding carboxylic acids is 1. The Labute approximate surface area is 147 Å². The lowest BCUT2D eigenvalue weighted by Crippen LogP contribution is -2.30. The predicted octanol–water partition coefficient (Wildman–Crippen LogP) is 2.80. The molecule has 3 rings (SSSR count). The van der Waals surface area contributed by atoms with Crippen LogP contribution in [0.4, 0.5) is 0 Å². The monoisotopic (exact) mass is 356 g/mol. The smallest absolute Gasteiger partial charge is 0.268 e. The molecule has 1 amide bonds. The summed E-state index contributed by atoms with van der Waals surface area (Å²) in [6.45, 7) is 2.09. The van der Waals surface area contributed by atoms with Gasteiger partial charge in [0.25, 0.3) is 13.3 Å². The molecule has 0 bridgehead atoms. The van der Waals surface area contributed by atoms with Gasteiger partial charge in [-0.05, 0) is 25.1 Å². The molecule has 1 atom stereocenters. The van der Waals surface area contributed by atoms with Crippen LogP contribution in [0.3, 0.4) is 0 Å². The minimum atomic E-state index is -3.44. The van der Waals surface area contributed by atoms with Gasteiger partial charge in [-0.15, -0.1) is 0 Å². The Kier molecular flexibility index (Phi) is 4.80. The minimum Gasteiger partial charge on any atom is -0.354 e. The summed E-state index contributed by atoms with van der Waals surface area (Å²) in [5, 5.41) is 4.46. The summed E-state index contributed by atoms with van der Waals surface area (Å²) in [6.07, 6.45) is 0. The molecule has 1 unspecified atom stereocenters. The average Bonchev–Trinajstić information content (AvgIpc) is 2.95. The van der Waals surface area contributed by atoms with Crippen molar-refractivity contribution in [3.05, 3.63) is 60.3 Å². The molecular formula is C19H21N2O3P. The molecule has 6 heteroatoms. The average molecular weight is 356 g/mol. The van der Waals surface area contributed by atoms with Gasteiger partial charge in [-0.2, -0.15) is 0 Å². The van der Waals surface area contributed by atoms with Crippen LogP contribution in [0.2, 0.25) is 0 Å². The van der Waals surface area contributed by atoms with Crippen LogP contribution in [0.25, 0.3) is 10.9 Å². The van der Waals surface area contributed by atoms with E-state index in [0.717, 1.165) is 10.9 Å². The zero-order chi connectivity index (χ0) is 18.0. The van der Waals surface area contributed by atoms with Crippen LogP contribution in [0.15, 0.2) is 54.6 Å². The SMILES string of the molecule is CCOP(=O)(c1ccccc1)c1c(C(=O)NC)n(C)c2ccccc12. The van der Waals surface area contributed by atoms with Crippen LogP contribution in [-0.4, -0.2) is 24.1 Å². The second kappa shape index (κ2) is 6.87. The van der Waals surface area contributed by atoms with Gasteiger partial charge in [0, 0.05) is 30.3 Å². The second-order valence-corrected chi connectivity index (χ2v) is 7.98. The van der Waals surface area contributed by atoms with E-state index in [1.165, 1.54) is 0 Å². The van der Waals surface area contributed by atoms with Crippen LogP contribution in [0.1, 0.15) is 17.4 Å². The number of hydrogen-bond donors (Lipinski definition) is 1. The summed E-state index contributed by atoms with van der Waals surface area (Å²) in [5.74, 6) is -0.287. The number of benzene rings is 2. The van der Waals surface area contributed by atoms with Gasteiger partial charge in [0.05, 0.1) is 11.9 Å². The third-order valence-corrected chi connectivity index (χ3v) is 6.87. The molecule has 0 saturated heterocycles. The molecular weight excluding hydrogens is 335 g/mol. The van der Waals surface area contributed by atoms with Crippen molar-refractivity contribution < 1.29 is 13.9 Å². The Morgan fingerprint density at radius 3 is 2.40 bits per heavy atom. The Morgan fingerprint density at radius 1 is 1.12 bits per heavy atom. The van der Waals surface area contributed by atoms with Gasteiger partial charge in [0.2, 0.25) is 0 Å². The van der Waals surface area contributed by atoms with Crippen molar-refractivity contribution in [2.45, 2.75) is 6.92 Å². The quantitative estimate of drug-likeness (QED) is 0.715. The fourth-order valence-corrected chi connectivity index (χ4v) is 5.62. The number of aromatic nitrogens is 1. The first-order chi connectivity index (χ1) is 12.0.